The van der Waals surface area contributed by atoms with Crippen molar-refractivity contribution in [3.8, 4) is 11.8 Å². The van der Waals surface area contributed by atoms with Gasteiger partial charge in [-0.25, -0.2) is 5.01 Å². The van der Waals surface area contributed by atoms with Crippen molar-refractivity contribution in [2.75, 3.05) is 19.7 Å². The van der Waals surface area contributed by atoms with Gasteiger partial charge in [0.1, 0.15) is 6.61 Å². The molecule has 0 aromatic heterocycles. The Balaban J connectivity index is 2.13. The normalized spacial score (nSPS) is 15.3. The molecule has 2 N–H and O–H groups in total. The first kappa shape index (κ1) is 14.6. The number of aliphatic hydroxyl groups excluding tert-OH is 1. The molecule has 2 rings (SSSR count). The van der Waals surface area contributed by atoms with E-state index in [1.54, 1.807) is 6.07 Å². The van der Waals surface area contributed by atoms with Crippen LogP contribution in [0.5, 0.6) is 0 Å². The van der Waals surface area contributed by atoms with E-state index in [2.05, 4.69) is 17.3 Å². The average molecular weight is 272 g/mol. The standard InChI is InChI=1S/C16H20N2O2/c1-13-14(8-6-12-19)7-5-9-15(13)16(20)17-18-10-3-2-4-11-18/h5,7,9,19H,2-4,10-12H2,1H3,(H,17,20). The lowest BCUT2D eigenvalue weighted by Crippen LogP contribution is -2.45. The summed E-state index contributed by atoms with van der Waals surface area (Å²) in [6.07, 6.45) is 3.49. The molecule has 1 aromatic rings. The van der Waals surface area contributed by atoms with Crippen molar-refractivity contribution in [1.82, 2.24) is 10.4 Å². The molecule has 0 aliphatic carbocycles. The van der Waals surface area contributed by atoms with E-state index in [4.69, 9.17) is 5.11 Å². The number of rotatable bonds is 2. The topological polar surface area (TPSA) is 52.6 Å². The minimum absolute atomic E-state index is 0.0861. The Hall–Kier alpha value is -1.83. The molecule has 0 radical (unpaired) electrons. The molecule has 1 fully saturated rings. The number of hydrazine groups is 1. The Morgan fingerprint density at radius 3 is 2.80 bits per heavy atom. The van der Waals surface area contributed by atoms with Gasteiger partial charge in [0.2, 0.25) is 0 Å². The van der Waals surface area contributed by atoms with Gasteiger partial charge < -0.3 is 5.11 Å². The van der Waals surface area contributed by atoms with Gasteiger partial charge in [-0.15, -0.1) is 0 Å². The maximum absolute atomic E-state index is 12.3. The second kappa shape index (κ2) is 7.09. The van der Waals surface area contributed by atoms with Gasteiger partial charge in [0.05, 0.1) is 0 Å². The van der Waals surface area contributed by atoms with Crippen molar-refractivity contribution < 1.29 is 9.90 Å². The molecule has 1 saturated heterocycles. The maximum atomic E-state index is 12.3. The van der Waals surface area contributed by atoms with Gasteiger partial charge in [-0.05, 0) is 37.5 Å². The van der Waals surface area contributed by atoms with Crippen LogP contribution in [0.4, 0.5) is 0 Å². The molecule has 0 atom stereocenters. The van der Waals surface area contributed by atoms with Gasteiger partial charge in [-0.2, -0.15) is 0 Å². The number of nitrogens with zero attached hydrogens (tertiary/aromatic N) is 1. The van der Waals surface area contributed by atoms with E-state index >= 15 is 0 Å². The number of hydrogen-bond donors (Lipinski definition) is 2. The summed E-state index contributed by atoms with van der Waals surface area (Å²) in [5, 5.41) is 10.7. The van der Waals surface area contributed by atoms with Crippen molar-refractivity contribution in [3.63, 3.8) is 0 Å². The van der Waals surface area contributed by atoms with Crippen LogP contribution in [0.3, 0.4) is 0 Å². The molecular formula is C16H20N2O2. The number of carbonyl (C=O) groups excluding carboxylic acids is 1. The van der Waals surface area contributed by atoms with Crippen LogP contribution in [0.1, 0.15) is 40.7 Å². The van der Waals surface area contributed by atoms with Crippen LogP contribution in [0.25, 0.3) is 0 Å². The second-order valence-corrected chi connectivity index (χ2v) is 4.93. The summed E-state index contributed by atoms with van der Waals surface area (Å²) < 4.78 is 0. The number of carbonyl (C=O) groups is 1. The van der Waals surface area contributed by atoms with E-state index < -0.39 is 0 Å². The van der Waals surface area contributed by atoms with Gasteiger partial charge in [-0.1, -0.05) is 24.3 Å². The quantitative estimate of drug-likeness (QED) is 0.802. The third kappa shape index (κ3) is 3.60. The molecule has 1 aliphatic heterocycles. The minimum atomic E-state index is -0.177. The molecule has 0 unspecified atom stereocenters. The molecule has 1 aliphatic rings. The molecule has 1 aromatic carbocycles. The summed E-state index contributed by atoms with van der Waals surface area (Å²) >= 11 is 0. The maximum Gasteiger partial charge on any atom is 0.265 e. The third-order valence-electron chi connectivity index (χ3n) is 3.50. The van der Waals surface area contributed by atoms with Crippen molar-refractivity contribution in [2.45, 2.75) is 26.2 Å². The van der Waals surface area contributed by atoms with Crippen molar-refractivity contribution >= 4 is 5.91 Å². The number of piperidine rings is 1. The minimum Gasteiger partial charge on any atom is -0.384 e. The van der Waals surface area contributed by atoms with E-state index in [1.807, 2.05) is 24.1 Å². The van der Waals surface area contributed by atoms with E-state index in [-0.39, 0.29) is 12.5 Å². The third-order valence-corrected chi connectivity index (χ3v) is 3.50. The smallest absolute Gasteiger partial charge is 0.265 e. The Kier molecular flexibility index (Phi) is 5.16. The Morgan fingerprint density at radius 1 is 1.35 bits per heavy atom. The van der Waals surface area contributed by atoms with Crippen LogP contribution in [0.2, 0.25) is 0 Å². The zero-order valence-electron chi connectivity index (χ0n) is 11.8. The molecule has 0 bridgehead atoms. The fourth-order valence-electron chi connectivity index (χ4n) is 2.36. The van der Waals surface area contributed by atoms with Crippen LogP contribution >= 0.6 is 0 Å². The fourth-order valence-corrected chi connectivity index (χ4v) is 2.36. The summed E-state index contributed by atoms with van der Waals surface area (Å²) in [5.74, 6) is 5.40. The average Bonchev–Trinajstić information content (AvgIpc) is 2.47. The van der Waals surface area contributed by atoms with E-state index in [9.17, 15) is 4.79 Å². The summed E-state index contributed by atoms with van der Waals surface area (Å²) in [4.78, 5) is 12.3. The SMILES string of the molecule is Cc1c(C#CCO)cccc1C(=O)NN1CCCCC1. The first-order chi connectivity index (χ1) is 9.72. The lowest BCUT2D eigenvalue weighted by molar-refractivity contribution is 0.0749. The highest BCUT2D eigenvalue weighted by molar-refractivity contribution is 5.95. The fraction of sp³-hybridized carbons (Fsp3) is 0.438. The van der Waals surface area contributed by atoms with E-state index in [1.165, 1.54) is 6.42 Å². The summed E-state index contributed by atoms with van der Waals surface area (Å²) in [7, 11) is 0. The van der Waals surface area contributed by atoms with Crippen LogP contribution < -0.4 is 5.43 Å². The molecule has 0 spiro atoms. The Morgan fingerprint density at radius 2 is 2.10 bits per heavy atom. The van der Waals surface area contributed by atoms with Gasteiger partial charge in [0, 0.05) is 24.2 Å². The molecule has 4 heteroatoms. The predicted octanol–water partition coefficient (Wildman–Crippen LogP) is 1.47. The second-order valence-electron chi connectivity index (χ2n) is 4.93. The number of aliphatic hydroxyl groups is 1. The van der Waals surface area contributed by atoms with E-state index in [0.717, 1.165) is 37.1 Å². The summed E-state index contributed by atoms with van der Waals surface area (Å²) in [5.41, 5.74) is 5.23. The number of benzene rings is 1. The van der Waals surface area contributed by atoms with E-state index in [0.29, 0.717) is 5.56 Å². The highest BCUT2D eigenvalue weighted by Crippen LogP contribution is 2.14. The first-order valence-corrected chi connectivity index (χ1v) is 6.97. The largest absolute Gasteiger partial charge is 0.384 e. The Bertz CT molecular complexity index is 537. The van der Waals surface area contributed by atoms with Crippen LogP contribution in [0.15, 0.2) is 18.2 Å². The summed E-state index contributed by atoms with van der Waals surface area (Å²) in [6.45, 7) is 3.53. The lowest BCUT2D eigenvalue weighted by atomic mass is 10.0. The molecular weight excluding hydrogens is 252 g/mol. The van der Waals surface area contributed by atoms with Gasteiger partial charge in [-0.3, -0.25) is 10.2 Å². The Labute approximate surface area is 119 Å². The number of amides is 1. The van der Waals surface area contributed by atoms with Crippen LogP contribution in [0, 0.1) is 18.8 Å². The zero-order chi connectivity index (χ0) is 14.4. The molecule has 0 saturated carbocycles. The summed E-state index contributed by atoms with van der Waals surface area (Å²) in [6, 6.07) is 5.48. The zero-order valence-corrected chi connectivity index (χ0v) is 11.8. The van der Waals surface area contributed by atoms with Gasteiger partial charge >= 0.3 is 0 Å². The van der Waals surface area contributed by atoms with Gasteiger partial charge in [0.25, 0.3) is 5.91 Å². The number of nitrogens with one attached hydrogen (secondary N) is 1. The molecule has 1 heterocycles. The predicted molar refractivity (Wildman–Crippen MR) is 78.0 cm³/mol. The highest BCUT2D eigenvalue weighted by Gasteiger charge is 2.16. The lowest BCUT2D eigenvalue weighted by Gasteiger charge is -2.27. The highest BCUT2D eigenvalue weighted by atomic mass is 16.2. The van der Waals surface area contributed by atoms with Crippen molar-refractivity contribution in [1.29, 1.82) is 0 Å². The molecule has 20 heavy (non-hydrogen) atoms. The van der Waals surface area contributed by atoms with Crippen LogP contribution in [-0.2, 0) is 0 Å². The van der Waals surface area contributed by atoms with Crippen LogP contribution in [-0.4, -0.2) is 35.7 Å². The molecule has 4 nitrogen and oxygen atoms in total. The van der Waals surface area contributed by atoms with Crippen molar-refractivity contribution in [2.24, 2.45) is 0 Å². The first-order valence-electron chi connectivity index (χ1n) is 6.97. The monoisotopic (exact) mass is 272 g/mol. The number of hydrogen-bond acceptors (Lipinski definition) is 3. The molecule has 106 valence electrons. The molecule has 1 amide bonds. The van der Waals surface area contributed by atoms with Gasteiger partial charge in [0.15, 0.2) is 0 Å². The van der Waals surface area contributed by atoms with Crippen molar-refractivity contribution in [3.05, 3.63) is 34.9 Å².